The minimum Gasteiger partial charge on any atom is -0.459 e. The third-order valence-electron chi connectivity index (χ3n) is 4.06. The molecule has 0 fully saturated rings. The van der Waals surface area contributed by atoms with Crippen LogP contribution in [-0.4, -0.2) is 15.7 Å². The van der Waals surface area contributed by atoms with Crippen molar-refractivity contribution in [2.24, 2.45) is 0 Å². The number of hydrogen-bond donors (Lipinski definition) is 0. The summed E-state index contributed by atoms with van der Waals surface area (Å²) in [7, 11) is 0. The second-order valence-corrected chi connectivity index (χ2v) is 6.18. The number of aromatic nitrogens is 2. The standard InChI is InChI=1S/C21H20N2O3/c1-15-8-9-16(2)18(12-15)19-10-11-20(24)23(22-19)13-21(25)26-14-17-6-4-3-5-7-17/h3-12H,13-14H2,1-2H3. The van der Waals surface area contributed by atoms with Crippen LogP contribution in [0.5, 0.6) is 0 Å². The van der Waals surface area contributed by atoms with E-state index in [9.17, 15) is 9.59 Å². The van der Waals surface area contributed by atoms with Gasteiger partial charge in [0.25, 0.3) is 5.56 Å². The fraction of sp³-hybridized carbons (Fsp3) is 0.190. The van der Waals surface area contributed by atoms with E-state index in [1.807, 2.05) is 62.4 Å². The van der Waals surface area contributed by atoms with Crippen molar-refractivity contribution in [1.82, 2.24) is 9.78 Å². The number of carbonyl (C=O) groups excluding carboxylic acids is 1. The van der Waals surface area contributed by atoms with Crippen LogP contribution in [0.4, 0.5) is 0 Å². The molecule has 3 rings (SSSR count). The van der Waals surface area contributed by atoms with Crippen LogP contribution >= 0.6 is 0 Å². The van der Waals surface area contributed by atoms with Gasteiger partial charge in [0.05, 0.1) is 5.69 Å². The van der Waals surface area contributed by atoms with Gasteiger partial charge in [-0.1, -0.05) is 48.0 Å². The van der Waals surface area contributed by atoms with Crippen molar-refractivity contribution in [3.63, 3.8) is 0 Å². The van der Waals surface area contributed by atoms with Gasteiger partial charge < -0.3 is 4.74 Å². The zero-order chi connectivity index (χ0) is 18.5. The number of carbonyl (C=O) groups is 1. The molecule has 0 atom stereocenters. The Labute approximate surface area is 151 Å². The van der Waals surface area contributed by atoms with Crippen molar-refractivity contribution in [1.29, 1.82) is 0 Å². The van der Waals surface area contributed by atoms with E-state index in [1.54, 1.807) is 6.07 Å². The number of aryl methyl sites for hydroxylation is 2. The predicted molar refractivity (Wildman–Crippen MR) is 99.6 cm³/mol. The first-order valence-corrected chi connectivity index (χ1v) is 8.38. The van der Waals surface area contributed by atoms with E-state index >= 15 is 0 Å². The van der Waals surface area contributed by atoms with Gasteiger partial charge in [-0.05, 0) is 37.1 Å². The van der Waals surface area contributed by atoms with E-state index in [4.69, 9.17) is 4.74 Å². The summed E-state index contributed by atoms with van der Waals surface area (Å²) < 4.78 is 6.38. The van der Waals surface area contributed by atoms with Crippen LogP contribution in [0.15, 0.2) is 65.5 Å². The van der Waals surface area contributed by atoms with Crippen LogP contribution in [0.2, 0.25) is 0 Å². The molecule has 0 bridgehead atoms. The minimum atomic E-state index is -0.499. The third kappa shape index (κ3) is 4.25. The molecule has 26 heavy (non-hydrogen) atoms. The first-order chi connectivity index (χ1) is 12.5. The average molecular weight is 348 g/mol. The largest absolute Gasteiger partial charge is 0.459 e. The molecule has 1 heterocycles. The second kappa shape index (κ2) is 7.78. The number of hydrogen-bond acceptors (Lipinski definition) is 4. The Morgan fingerprint density at radius 3 is 2.58 bits per heavy atom. The molecule has 0 amide bonds. The van der Waals surface area contributed by atoms with E-state index < -0.39 is 5.97 Å². The molecular weight excluding hydrogens is 328 g/mol. The molecule has 0 N–H and O–H groups in total. The van der Waals surface area contributed by atoms with Crippen LogP contribution in [0, 0.1) is 13.8 Å². The Balaban J connectivity index is 1.76. The normalized spacial score (nSPS) is 10.5. The van der Waals surface area contributed by atoms with Gasteiger partial charge in [0.1, 0.15) is 13.2 Å². The van der Waals surface area contributed by atoms with Crippen molar-refractivity contribution in [2.45, 2.75) is 27.0 Å². The third-order valence-corrected chi connectivity index (χ3v) is 4.06. The molecule has 0 radical (unpaired) electrons. The van der Waals surface area contributed by atoms with Crippen LogP contribution in [-0.2, 0) is 22.7 Å². The molecule has 3 aromatic rings. The van der Waals surface area contributed by atoms with Crippen LogP contribution < -0.4 is 5.56 Å². The summed E-state index contributed by atoms with van der Waals surface area (Å²) in [6.07, 6.45) is 0. The Morgan fingerprint density at radius 2 is 1.81 bits per heavy atom. The summed E-state index contributed by atoms with van der Waals surface area (Å²) in [5.74, 6) is -0.499. The van der Waals surface area contributed by atoms with Crippen molar-refractivity contribution in [3.8, 4) is 11.3 Å². The smallest absolute Gasteiger partial charge is 0.328 e. The number of rotatable bonds is 5. The lowest BCUT2D eigenvalue weighted by atomic mass is 10.0. The number of benzene rings is 2. The summed E-state index contributed by atoms with van der Waals surface area (Å²) in [6.45, 7) is 3.94. The maximum atomic E-state index is 12.1. The van der Waals surface area contributed by atoms with E-state index in [-0.39, 0.29) is 18.7 Å². The molecule has 0 unspecified atom stereocenters. The Morgan fingerprint density at radius 1 is 1.04 bits per heavy atom. The molecule has 1 aromatic heterocycles. The minimum absolute atomic E-state index is 0.172. The molecule has 0 aliphatic rings. The fourth-order valence-corrected chi connectivity index (χ4v) is 2.62. The summed E-state index contributed by atoms with van der Waals surface area (Å²) in [5.41, 5.74) is 4.31. The second-order valence-electron chi connectivity index (χ2n) is 6.18. The molecule has 132 valence electrons. The average Bonchev–Trinajstić information content (AvgIpc) is 2.65. The highest BCUT2D eigenvalue weighted by Crippen LogP contribution is 2.21. The monoisotopic (exact) mass is 348 g/mol. The van der Waals surface area contributed by atoms with E-state index in [2.05, 4.69) is 5.10 Å². The lowest BCUT2D eigenvalue weighted by Gasteiger charge is -2.10. The Kier molecular flexibility index (Phi) is 5.27. The molecule has 0 spiro atoms. The number of esters is 1. The van der Waals surface area contributed by atoms with Gasteiger partial charge in [0, 0.05) is 11.6 Å². The van der Waals surface area contributed by atoms with Crippen LogP contribution in [0.3, 0.4) is 0 Å². The highest BCUT2D eigenvalue weighted by Gasteiger charge is 2.11. The highest BCUT2D eigenvalue weighted by molar-refractivity contribution is 5.69. The molecule has 0 saturated carbocycles. The summed E-state index contributed by atoms with van der Waals surface area (Å²) in [4.78, 5) is 24.1. The summed E-state index contributed by atoms with van der Waals surface area (Å²) in [5, 5.41) is 4.34. The summed E-state index contributed by atoms with van der Waals surface area (Å²) >= 11 is 0. The van der Waals surface area contributed by atoms with Crippen molar-refractivity contribution < 1.29 is 9.53 Å². The fourth-order valence-electron chi connectivity index (χ4n) is 2.62. The highest BCUT2D eigenvalue weighted by atomic mass is 16.5. The SMILES string of the molecule is Cc1ccc(C)c(-c2ccc(=O)n(CC(=O)OCc3ccccc3)n2)c1. The molecule has 5 nitrogen and oxygen atoms in total. The molecule has 2 aromatic carbocycles. The number of nitrogens with zero attached hydrogens (tertiary/aromatic N) is 2. The molecule has 0 aliphatic heterocycles. The Bertz CT molecular complexity index is 978. The molecule has 0 saturated heterocycles. The topological polar surface area (TPSA) is 61.2 Å². The zero-order valence-electron chi connectivity index (χ0n) is 14.8. The van der Waals surface area contributed by atoms with Gasteiger partial charge in [0.2, 0.25) is 0 Å². The van der Waals surface area contributed by atoms with Crippen molar-refractivity contribution in [2.75, 3.05) is 0 Å². The molecule has 5 heteroatoms. The predicted octanol–water partition coefficient (Wildman–Crippen LogP) is 3.27. The Hall–Kier alpha value is -3.21. The first-order valence-electron chi connectivity index (χ1n) is 8.38. The maximum absolute atomic E-state index is 12.1. The van der Waals surface area contributed by atoms with Crippen LogP contribution in [0.25, 0.3) is 11.3 Å². The van der Waals surface area contributed by atoms with Gasteiger partial charge in [-0.25, -0.2) is 4.68 Å². The van der Waals surface area contributed by atoms with Crippen molar-refractivity contribution in [3.05, 3.63) is 87.7 Å². The van der Waals surface area contributed by atoms with Gasteiger partial charge in [-0.15, -0.1) is 0 Å². The van der Waals surface area contributed by atoms with Gasteiger partial charge in [-0.3, -0.25) is 9.59 Å². The van der Waals surface area contributed by atoms with E-state index in [1.165, 1.54) is 6.07 Å². The lowest BCUT2D eigenvalue weighted by molar-refractivity contribution is -0.146. The zero-order valence-corrected chi connectivity index (χ0v) is 14.8. The number of ether oxygens (including phenoxy) is 1. The summed E-state index contributed by atoms with van der Waals surface area (Å²) in [6, 6.07) is 18.5. The van der Waals surface area contributed by atoms with E-state index in [0.29, 0.717) is 5.69 Å². The lowest BCUT2D eigenvalue weighted by Crippen LogP contribution is -2.27. The van der Waals surface area contributed by atoms with Crippen molar-refractivity contribution >= 4 is 5.97 Å². The first kappa shape index (κ1) is 17.6. The van der Waals surface area contributed by atoms with E-state index in [0.717, 1.165) is 26.9 Å². The molecule has 0 aliphatic carbocycles. The van der Waals surface area contributed by atoms with Gasteiger partial charge in [-0.2, -0.15) is 5.10 Å². The van der Waals surface area contributed by atoms with Crippen LogP contribution in [0.1, 0.15) is 16.7 Å². The van der Waals surface area contributed by atoms with Gasteiger partial charge in [0.15, 0.2) is 0 Å². The molecular formula is C21H20N2O3. The maximum Gasteiger partial charge on any atom is 0.328 e. The quantitative estimate of drug-likeness (QED) is 0.664. The van der Waals surface area contributed by atoms with Gasteiger partial charge >= 0.3 is 5.97 Å².